The molecule has 1 fully saturated rings. The molecule has 1 aromatic carbocycles. The summed E-state index contributed by atoms with van der Waals surface area (Å²) >= 11 is 0. The number of benzene rings is 1. The van der Waals surface area contributed by atoms with Crippen molar-refractivity contribution in [3.63, 3.8) is 0 Å². The maximum Gasteiger partial charge on any atom is 0.410 e. The largest absolute Gasteiger partial charge is 0.491 e. The number of fused-ring (bicyclic) bond motifs is 1. The van der Waals surface area contributed by atoms with Crippen molar-refractivity contribution in [1.82, 2.24) is 24.8 Å². The number of ketones is 1. The lowest BCUT2D eigenvalue weighted by molar-refractivity contribution is -0.117. The Bertz CT molecular complexity index is 1480. The van der Waals surface area contributed by atoms with Crippen LogP contribution in [-0.2, 0) is 16.0 Å². The Hall–Kier alpha value is -4.29. The molecule has 214 valence electrons. The Kier molecular flexibility index (Phi) is 8.21. The number of amides is 2. The second kappa shape index (κ2) is 11.4. The standard InChI is InChI=1S/C27H31F2N5O6/c1-27(2,3)40-26(38)33-7-5-16(6-8-33)21-12-22(36)32-24-18(14-31-34(21)24)25(37)30-13-17(35)9-15-10-19(28)23(39-4)20(29)11-15/h10-12,14,16H,5-9,13H2,1-4H3,(H,30,37)(H,32,36). The van der Waals surface area contributed by atoms with Crippen LogP contribution in [0.4, 0.5) is 13.6 Å². The van der Waals surface area contributed by atoms with Crippen LogP contribution in [0.25, 0.3) is 5.65 Å². The normalized spacial score (nSPS) is 14.3. The maximum atomic E-state index is 13.9. The molecule has 0 spiro atoms. The number of carbonyl (C=O) groups is 3. The number of Topliss-reactive ketones (excluding diaryl/α,β-unsaturated/α-hetero) is 1. The van der Waals surface area contributed by atoms with Crippen LogP contribution < -0.4 is 15.6 Å². The van der Waals surface area contributed by atoms with Gasteiger partial charge in [-0.25, -0.2) is 18.1 Å². The molecule has 1 aliphatic rings. The highest BCUT2D eigenvalue weighted by Gasteiger charge is 2.29. The summed E-state index contributed by atoms with van der Waals surface area (Å²) in [6.07, 6.45) is 1.73. The number of nitrogens with one attached hydrogen (secondary N) is 2. The molecule has 2 N–H and O–H groups in total. The molecule has 0 radical (unpaired) electrons. The molecular formula is C27H31F2N5O6. The molecule has 0 bridgehead atoms. The fraction of sp³-hybridized carbons (Fsp3) is 0.444. The second-order valence-corrected chi connectivity index (χ2v) is 10.6. The van der Waals surface area contributed by atoms with Crippen LogP contribution in [0.1, 0.15) is 61.1 Å². The van der Waals surface area contributed by atoms with E-state index in [0.29, 0.717) is 31.6 Å². The van der Waals surface area contributed by atoms with Crippen LogP contribution in [0.5, 0.6) is 5.75 Å². The third kappa shape index (κ3) is 6.46. The summed E-state index contributed by atoms with van der Waals surface area (Å²) in [5, 5.41) is 6.76. The average molecular weight is 560 g/mol. The van der Waals surface area contributed by atoms with Gasteiger partial charge in [0.15, 0.2) is 23.2 Å². The van der Waals surface area contributed by atoms with Gasteiger partial charge in [-0.2, -0.15) is 5.10 Å². The first-order valence-electron chi connectivity index (χ1n) is 12.8. The molecule has 3 heterocycles. The van der Waals surface area contributed by atoms with E-state index in [1.807, 2.05) is 0 Å². The third-order valence-corrected chi connectivity index (χ3v) is 6.45. The van der Waals surface area contributed by atoms with Crippen molar-refractivity contribution in [2.24, 2.45) is 0 Å². The summed E-state index contributed by atoms with van der Waals surface area (Å²) in [6.45, 7) is 5.87. The van der Waals surface area contributed by atoms with E-state index in [1.54, 1.807) is 25.7 Å². The van der Waals surface area contributed by atoms with E-state index >= 15 is 0 Å². The first-order chi connectivity index (χ1) is 18.9. The number of rotatable bonds is 7. The quantitative estimate of drug-likeness (QED) is 0.454. The number of methoxy groups -OCH3 is 1. The van der Waals surface area contributed by atoms with Crippen molar-refractivity contribution >= 4 is 23.4 Å². The van der Waals surface area contributed by atoms with E-state index in [4.69, 9.17) is 4.74 Å². The zero-order valence-electron chi connectivity index (χ0n) is 22.7. The number of likely N-dealkylation sites (tertiary alicyclic amines) is 1. The van der Waals surface area contributed by atoms with Gasteiger partial charge in [0.2, 0.25) is 0 Å². The number of nitrogens with zero attached hydrogens (tertiary/aromatic N) is 3. The van der Waals surface area contributed by atoms with E-state index < -0.39 is 52.9 Å². The Morgan fingerprint density at radius 2 is 1.77 bits per heavy atom. The predicted octanol–water partition coefficient (Wildman–Crippen LogP) is 2.97. The smallest absolute Gasteiger partial charge is 0.410 e. The Labute approximate surface area is 228 Å². The van der Waals surface area contributed by atoms with Gasteiger partial charge in [-0.1, -0.05) is 0 Å². The van der Waals surface area contributed by atoms with Gasteiger partial charge in [0.05, 0.1) is 25.5 Å². The molecular weight excluding hydrogens is 528 g/mol. The molecule has 1 aliphatic heterocycles. The zero-order chi connectivity index (χ0) is 29.2. The predicted molar refractivity (Wildman–Crippen MR) is 140 cm³/mol. The maximum absolute atomic E-state index is 13.9. The van der Waals surface area contributed by atoms with Gasteiger partial charge in [-0.15, -0.1) is 0 Å². The minimum absolute atomic E-state index is 0.0551. The van der Waals surface area contributed by atoms with E-state index in [9.17, 15) is 28.0 Å². The van der Waals surface area contributed by atoms with Crippen molar-refractivity contribution < 1.29 is 32.6 Å². The van der Waals surface area contributed by atoms with Crippen LogP contribution in [0, 0.1) is 11.6 Å². The van der Waals surface area contributed by atoms with Crippen LogP contribution >= 0.6 is 0 Å². The average Bonchev–Trinajstić information content (AvgIpc) is 3.29. The fourth-order valence-electron chi connectivity index (χ4n) is 4.63. The van der Waals surface area contributed by atoms with Gasteiger partial charge in [-0.05, 0) is 51.3 Å². The van der Waals surface area contributed by atoms with Crippen LogP contribution in [-0.4, -0.2) is 69.6 Å². The molecule has 0 unspecified atom stereocenters. The SMILES string of the molecule is COc1c(F)cc(CC(=O)CNC(=O)c2cnn3c(C4CCN(C(=O)OC(C)(C)C)CC4)cc(=O)[nH]c23)cc1F. The number of halogens is 2. The van der Waals surface area contributed by atoms with Crippen molar-refractivity contribution in [2.75, 3.05) is 26.7 Å². The number of hydrogen-bond donors (Lipinski definition) is 2. The molecule has 11 nitrogen and oxygen atoms in total. The van der Waals surface area contributed by atoms with Gasteiger partial charge < -0.3 is 24.7 Å². The number of aromatic nitrogens is 3. The molecule has 1 saturated heterocycles. The molecule has 3 aromatic rings. The summed E-state index contributed by atoms with van der Waals surface area (Å²) in [4.78, 5) is 54.4. The molecule has 0 aliphatic carbocycles. The highest BCUT2D eigenvalue weighted by atomic mass is 19.1. The Balaban J connectivity index is 1.42. The van der Waals surface area contributed by atoms with Gasteiger partial charge in [0.1, 0.15) is 16.8 Å². The van der Waals surface area contributed by atoms with E-state index in [2.05, 4.69) is 20.1 Å². The number of piperidine rings is 1. The van der Waals surface area contributed by atoms with E-state index in [1.165, 1.54) is 16.8 Å². The van der Waals surface area contributed by atoms with Crippen LogP contribution in [0.3, 0.4) is 0 Å². The van der Waals surface area contributed by atoms with Crippen molar-refractivity contribution in [1.29, 1.82) is 0 Å². The van der Waals surface area contributed by atoms with Gasteiger partial charge in [0, 0.05) is 31.5 Å². The van der Waals surface area contributed by atoms with E-state index in [0.717, 1.165) is 19.2 Å². The number of H-pyrrole nitrogens is 1. The highest BCUT2D eigenvalue weighted by Crippen LogP contribution is 2.29. The molecule has 0 saturated carbocycles. The minimum Gasteiger partial charge on any atom is -0.491 e. The summed E-state index contributed by atoms with van der Waals surface area (Å²) in [5.74, 6) is -3.64. The van der Waals surface area contributed by atoms with Gasteiger partial charge >= 0.3 is 6.09 Å². The zero-order valence-corrected chi connectivity index (χ0v) is 22.7. The number of carbonyl (C=O) groups excluding carboxylic acids is 3. The fourth-order valence-corrected chi connectivity index (χ4v) is 4.63. The van der Waals surface area contributed by atoms with Crippen molar-refractivity contribution in [3.05, 3.63) is 63.2 Å². The molecule has 40 heavy (non-hydrogen) atoms. The molecule has 2 aromatic heterocycles. The summed E-state index contributed by atoms with van der Waals surface area (Å²) in [5.41, 5.74) is -0.110. The summed E-state index contributed by atoms with van der Waals surface area (Å²) in [7, 11) is 1.13. The van der Waals surface area contributed by atoms with Crippen LogP contribution in [0.15, 0.2) is 29.2 Å². The number of hydrogen-bond acceptors (Lipinski definition) is 7. The van der Waals surface area contributed by atoms with E-state index in [-0.39, 0.29) is 29.1 Å². The molecule has 0 atom stereocenters. The lowest BCUT2D eigenvalue weighted by atomic mass is 9.93. The first kappa shape index (κ1) is 28.7. The summed E-state index contributed by atoms with van der Waals surface area (Å²) < 4.78 is 39.4. The minimum atomic E-state index is -0.934. The number of ether oxygens (including phenoxy) is 2. The monoisotopic (exact) mass is 559 g/mol. The van der Waals surface area contributed by atoms with Crippen molar-refractivity contribution in [2.45, 2.75) is 51.6 Å². The highest BCUT2D eigenvalue weighted by molar-refractivity contribution is 6.01. The first-order valence-corrected chi connectivity index (χ1v) is 12.8. The van der Waals surface area contributed by atoms with Crippen LogP contribution in [0.2, 0.25) is 0 Å². The van der Waals surface area contributed by atoms with Gasteiger partial charge in [-0.3, -0.25) is 14.4 Å². The van der Waals surface area contributed by atoms with Gasteiger partial charge in [0.25, 0.3) is 11.5 Å². The lowest BCUT2D eigenvalue weighted by Gasteiger charge is -2.33. The third-order valence-electron chi connectivity index (χ3n) is 6.45. The van der Waals surface area contributed by atoms with Crippen molar-refractivity contribution in [3.8, 4) is 5.75 Å². The number of aromatic amines is 1. The molecule has 13 heteroatoms. The molecule has 2 amide bonds. The topological polar surface area (TPSA) is 135 Å². The summed E-state index contributed by atoms with van der Waals surface area (Å²) in [6, 6.07) is 3.42. The Morgan fingerprint density at radius 1 is 1.12 bits per heavy atom. The second-order valence-electron chi connectivity index (χ2n) is 10.6. The molecule has 4 rings (SSSR count). The Morgan fingerprint density at radius 3 is 2.38 bits per heavy atom. The lowest BCUT2D eigenvalue weighted by Crippen LogP contribution is -2.41.